The molecule has 0 saturated carbocycles. The highest BCUT2D eigenvalue weighted by Gasteiger charge is 2.25. The summed E-state index contributed by atoms with van der Waals surface area (Å²) in [5, 5.41) is 5.68. The molecule has 0 aromatic heterocycles. The van der Waals surface area contributed by atoms with Crippen LogP contribution >= 0.6 is 0 Å². The molecule has 12 heavy (non-hydrogen) atoms. The highest BCUT2D eigenvalue weighted by atomic mass is 32.2. The molecule has 1 aliphatic rings. The Balaban J connectivity index is 2.54. The van der Waals surface area contributed by atoms with Gasteiger partial charge in [0, 0.05) is 19.6 Å². The minimum absolute atomic E-state index is 0.284. The van der Waals surface area contributed by atoms with Crippen molar-refractivity contribution in [2.75, 3.05) is 25.4 Å². The van der Waals surface area contributed by atoms with E-state index < -0.39 is 9.84 Å². The summed E-state index contributed by atoms with van der Waals surface area (Å²) >= 11 is 0. The Labute approximate surface area is 73.6 Å². The molecule has 2 N–H and O–H groups in total. The first-order chi connectivity index (χ1) is 5.67. The average molecular weight is 192 g/mol. The van der Waals surface area contributed by atoms with Crippen LogP contribution in [-0.4, -0.2) is 39.2 Å². The van der Waals surface area contributed by atoms with E-state index in [4.69, 9.17) is 0 Å². The van der Waals surface area contributed by atoms with Crippen molar-refractivity contribution in [2.24, 2.45) is 0 Å². The zero-order valence-corrected chi connectivity index (χ0v) is 8.15. The molecule has 1 unspecified atom stereocenters. The Morgan fingerprint density at radius 1 is 1.42 bits per heavy atom. The van der Waals surface area contributed by atoms with Gasteiger partial charge in [-0.25, -0.2) is 8.42 Å². The predicted octanol–water partition coefficient (Wildman–Crippen LogP) is -0.670. The Morgan fingerprint density at radius 2 is 2.17 bits per heavy atom. The minimum Gasteiger partial charge on any atom is -0.313 e. The molecule has 0 bridgehead atoms. The Kier molecular flexibility index (Phi) is 3.49. The summed E-state index contributed by atoms with van der Waals surface area (Å²) in [6, 6.07) is 0. The van der Waals surface area contributed by atoms with Crippen LogP contribution in [0.1, 0.15) is 13.3 Å². The zero-order valence-electron chi connectivity index (χ0n) is 7.34. The van der Waals surface area contributed by atoms with Crippen LogP contribution in [0, 0.1) is 0 Å². The van der Waals surface area contributed by atoms with Gasteiger partial charge < -0.3 is 5.32 Å². The molecule has 0 aromatic rings. The first-order valence-electron chi connectivity index (χ1n) is 4.32. The van der Waals surface area contributed by atoms with Crippen LogP contribution in [0.2, 0.25) is 0 Å². The molecule has 4 nitrogen and oxygen atoms in total. The maximum atomic E-state index is 11.5. The molecule has 1 atom stereocenters. The summed E-state index contributed by atoms with van der Waals surface area (Å²) in [5.41, 5.74) is 0. The molecular weight excluding hydrogens is 176 g/mol. The third-order valence-electron chi connectivity index (χ3n) is 1.93. The van der Waals surface area contributed by atoms with E-state index in [-0.39, 0.29) is 11.1 Å². The normalized spacial score (nSPS) is 25.6. The first kappa shape index (κ1) is 9.95. The predicted molar refractivity (Wildman–Crippen MR) is 48.7 cm³/mol. The number of hydrogen-bond donors (Lipinski definition) is 2. The molecule has 0 spiro atoms. The van der Waals surface area contributed by atoms with Crippen LogP contribution in [0.3, 0.4) is 0 Å². The van der Waals surface area contributed by atoms with Crippen LogP contribution in [0.25, 0.3) is 0 Å². The third-order valence-corrected chi connectivity index (χ3v) is 4.10. The van der Waals surface area contributed by atoms with Gasteiger partial charge in [0.05, 0.1) is 5.75 Å². The van der Waals surface area contributed by atoms with Crippen molar-refractivity contribution >= 4 is 9.84 Å². The van der Waals surface area contributed by atoms with Gasteiger partial charge in [0.25, 0.3) is 0 Å². The molecule has 72 valence electrons. The second-order valence-electron chi connectivity index (χ2n) is 3.01. The van der Waals surface area contributed by atoms with E-state index in [0.29, 0.717) is 13.0 Å². The molecule has 1 rings (SSSR count). The van der Waals surface area contributed by atoms with Gasteiger partial charge >= 0.3 is 0 Å². The standard InChI is InChI=1S/C7H16N2O2S/c1-2-5-12(10,11)7-6-8-3-4-9-7/h7-9H,2-6H2,1H3. The molecule has 5 heteroatoms. The Bertz CT molecular complexity index is 220. The molecule has 1 saturated heterocycles. The lowest BCUT2D eigenvalue weighted by Crippen LogP contribution is -2.52. The fourth-order valence-electron chi connectivity index (χ4n) is 1.31. The largest absolute Gasteiger partial charge is 0.313 e. The topological polar surface area (TPSA) is 58.2 Å². The smallest absolute Gasteiger partial charge is 0.167 e. The van der Waals surface area contributed by atoms with Gasteiger partial charge in [-0.1, -0.05) is 6.92 Å². The van der Waals surface area contributed by atoms with E-state index in [9.17, 15) is 8.42 Å². The van der Waals surface area contributed by atoms with Crippen molar-refractivity contribution in [1.29, 1.82) is 0 Å². The van der Waals surface area contributed by atoms with Gasteiger partial charge in [0.15, 0.2) is 9.84 Å². The molecular formula is C7H16N2O2S. The van der Waals surface area contributed by atoms with Crippen LogP contribution in [0.15, 0.2) is 0 Å². The summed E-state index contributed by atoms with van der Waals surface area (Å²) in [5.74, 6) is 0.284. The van der Waals surface area contributed by atoms with Gasteiger partial charge in [-0.3, -0.25) is 5.32 Å². The van der Waals surface area contributed by atoms with Gasteiger partial charge in [-0.15, -0.1) is 0 Å². The summed E-state index contributed by atoms with van der Waals surface area (Å²) in [6.45, 7) is 4.03. The van der Waals surface area contributed by atoms with Crippen molar-refractivity contribution in [3.63, 3.8) is 0 Å². The van der Waals surface area contributed by atoms with Crippen molar-refractivity contribution in [3.05, 3.63) is 0 Å². The highest BCUT2D eigenvalue weighted by Crippen LogP contribution is 2.02. The van der Waals surface area contributed by atoms with E-state index in [1.807, 2.05) is 6.92 Å². The Morgan fingerprint density at radius 3 is 2.67 bits per heavy atom. The zero-order chi connectivity index (χ0) is 9.03. The fourth-order valence-corrected chi connectivity index (χ4v) is 2.90. The fraction of sp³-hybridized carbons (Fsp3) is 1.00. The van der Waals surface area contributed by atoms with E-state index in [1.54, 1.807) is 0 Å². The van der Waals surface area contributed by atoms with Crippen molar-refractivity contribution in [2.45, 2.75) is 18.7 Å². The molecule has 1 fully saturated rings. The molecule has 1 aliphatic heterocycles. The van der Waals surface area contributed by atoms with Gasteiger partial charge in [-0.05, 0) is 6.42 Å². The van der Waals surface area contributed by atoms with Crippen molar-refractivity contribution < 1.29 is 8.42 Å². The minimum atomic E-state index is -2.91. The van der Waals surface area contributed by atoms with E-state index >= 15 is 0 Å². The lowest BCUT2D eigenvalue weighted by molar-refractivity contribution is 0.474. The lowest BCUT2D eigenvalue weighted by Gasteiger charge is -2.24. The van der Waals surface area contributed by atoms with E-state index in [1.165, 1.54) is 0 Å². The average Bonchev–Trinajstić information content (AvgIpc) is 2.06. The second-order valence-corrected chi connectivity index (χ2v) is 5.32. The van der Waals surface area contributed by atoms with E-state index in [0.717, 1.165) is 13.1 Å². The van der Waals surface area contributed by atoms with Crippen molar-refractivity contribution in [3.8, 4) is 0 Å². The van der Waals surface area contributed by atoms with Crippen LogP contribution in [0.5, 0.6) is 0 Å². The second kappa shape index (κ2) is 4.20. The van der Waals surface area contributed by atoms with Crippen LogP contribution < -0.4 is 10.6 Å². The van der Waals surface area contributed by atoms with Gasteiger partial charge in [0.1, 0.15) is 5.37 Å². The summed E-state index contributed by atoms with van der Waals surface area (Å²) in [4.78, 5) is 0. The summed E-state index contributed by atoms with van der Waals surface area (Å²) < 4.78 is 23.0. The number of rotatable bonds is 3. The monoisotopic (exact) mass is 192 g/mol. The Hall–Kier alpha value is -0.130. The third kappa shape index (κ3) is 2.43. The highest BCUT2D eigenvalue weighted by molar-refractivity contribution is 7.92. The number of piperazine rings is 1. The summed E-state index contributed by atoms with van der Waals surface area (Å²) in [6.07, 6.45) is 0.695. The SMILES string of the molecule is CCCS(=O)(=O)C1CNCCN1. The molecule has 0 radical (unpaired) electrons. The lowest BCUT2D eigenvalue weighted by atomic mass is 10.4. The van der Waals surface area contributed by atoms with Gasteiger partial charge in [-0.2, -0.15) is 0 Å². The quantitative estimate of drug-likeness (QED) is 0.622. The summed E-state index contributed by atoms with van der Waals surface area (Å²) in [7, 11) is -2.91. The van der Waals surface area contributed by atoms with Crippen LogP contribution in [0.4, 0.5) is 0 Å². The van der Waals surface area contributed by atoms with Crippen LogP contribution in [-0.2, 0) is 9.84 Å². The number of hydrogen-bond acceptors (Lipinski definition) is 4. The maximum Gasteiger partial charge on any atom is 0.167 e. The molecule has 0 aliphatic carbocycles. The molecule has 0 amide bonds. The molecule has 0 aromatic carbocycles. The number of sulfone groups is 1. The van der Waals surface area contributed by atoms with Crippen molar-refractivity contribution in [1.82, 2.24) is 10.6 Å². The first-order valence-corrected chi connectivity index (χ1v) is 6.04. The van der Waals surface area contributed by atoms with E-state index in [2.05, 4.69) is 10.6 Å². The molecule has 1 heterocycles. The maximum absolute atomic E-state index is 11.5. The number of nitrogens with one attached hydrogen (secondary N) is 2. The van der Waals surface area contributed by atoms with Gasteiger partial charge in [0.2, 0.25) is 0 Å².